The van der Waals surface area contributed by atoms with Gasteiger partial charge < -0.3 is 9.80 Å². The van der Waals surface area contributed by atoms with Crippen LogP contribution in [0, 0.1) is 12.8 Å². The molecule has 2 unspecified atom stereocenters. The number of nitrogens with zero attached hydrogens (tertiary/aromatic N) is 5. The molecule has 19 heavy (non-hydrogen) atoms. The Morgan fingerprint density at radius 1 is 1.26 bits per heavy atom. The molecular weight excluding hydrogens is 262 g/mol. The number of likely N-dealkylation sites (N-methyl/N-ethyl adjacent to an activating group) is 1. The zero-order valence-electron chi connectivity index (χ0n) is 11.5. The Balaban J connectivity index is 1.82. The number of rotatable bonds is 2. The van der Waals surface area contributed by atoms with Gasteiger partial charge in [-0.15, -0.1) is 10.2 Å². The van der Waals surface area contributed by atoms with Gasteiger partial charge in [0.25, 0.3) is 0 Å². The summed E-state index contributed by atoms with van der Waals surface area (Å²) in [5, 5.41) is 8.58. The van der Waals surface area contributed by atoms with E-state index in [-0.39, 0.29) is 0 Å². The first-order chi connectivity index (χ1) is 9.19. The predicted molar refractivity (Wildman–Crippen MR) is 75.5 cm³/mol. The Morgan fingerprint density at radius 2 is 2.05 bits per heavy atom. The van der Waals surface area contributed by atoms with Crippen molar-refractivity contribution in [2.45, 2.75) is 32.7 Å². The van der Waals surface area contributed by atoms with Gasteiger partial charge >= 0.3 is 0 Å². The normalized spacial score (nSPS) is 27.6. The lowest BCUT2D eigenvalue weighted by molar-refractivity contribution is 0.181. The van der Waals surface area contributed by atoms with Crippen LogP contribution in [-0.4, -0.2) is 52.3 Å². The van der Waals surface area contributed by atoms with Crippen LogP contribution in [0.3, 0.4) is 0 Å². The Bertz CT molecular complexity index is 466. The van der Waals surface area contributed by atoms with Gasteiger partial charge in [-0.05, 0) is 38.8 Å². The number of hydrogen-bond acceptors (Lipinski definition) is 5. The van der Waals surface area contributed by atoms with E-state index < -0.39 is 0 Å². The molecule has 2 saturated heterocycles. The van der Waals surface area contributed by atoms with Crippen LogP contribution in [0.2, 0.25) is 5.15 Å². The molecule has 3 heterocycles. The van der Waals surface area contributed by atoms with Gasteiger partial charge in [0.05, 0.1) is 5.69 Å². The minimum Gasteiger partial charge on any atom is -0.335 e. The van der Waals surface area contributed by atoms with Crippen molar-refractivity contribution in [1.82, 2.24) is 20.1 Å². The molecule has 3 rings (SSSR count). The quantitative estimate of drug-likeness (QED) is 0.826. The molecule has 1 aromatic heterocycles. The Morgan fingerprint density at radius 3 is 2.79 bits per heavy atom. The predicted octanol–water partition coefficient (Wildman–Crippen LogP) is 1.75. The van der Waals surface area contributed by atoms with Gasteiger partial charge in [-0.25, -0.2) is 4.98 Å². The highest BCUT2D eigenvalue weighted by Crippen LogP contribution is 2.33. The zero-order valence-corrected chi connectivity index (χ0v) is 12.3. The molecule has 2 atom stereocenters. The molecule has 0 spiro atoms. The van der Waals surface area contributed by atoms with E-state index in [1.54, 1.807) is 0 Å². The molecule has 2 aliphatic heterocycles. The van der Waals surface area contributed by atoms with E-state index in [1.807, 2.05) is 6.92 Å². The summed E-state index contributed by atoms with van der Waals surface area (Å²) in [4.78, 5) is 9.33. The molecular formula is C13H20ClN5. The van der Waals surface area contributed by atoms with Crippen LogP contribution in [0.5, 0.6) is 0 Å². The van der Waals surface area contributed by atoms with E-state index in [2.05, 4.69) is 31.9 Å². The maximum Gasteiger partial charge on any atom is 0.245 e. The van der Waals surface area contributed by atoms with E-state index in [0.717, 1.165) is 37.2 Å². The lowest BCUT2D eigenvalue weighted by Gasteiger charge is -2.37. The minimum absolute atomic E-state index is 0.401. The highest BCUT2D eigenvalue weighted by atomic mass is 35.5. The number of aromatic nitrogens is 3. The van der Waals surface area contributed by atoms with Crippen molar-refractivity contribution in [3.63, 3.8) is 0 Å². The standard InChI is InChI=1S/C13H20ClN5/c1-3-18-6-4-10-5-7-19(11(10)8-18)13-15-9(2)12(14)16-17-13/h10-11H,3-8H2,1-2H3. The molecule has 2 fully saturated rings. The third-order valence-corrected chi connectivity index (χ3v) is 4.79. The van der Waals surface area contributed by atoms with Crippen molar-refractivity contribution in [2.75, 3.05) is 31.1 Å². The topological polar surface area (TPSA) is 45.2 Å². The SMILES string of the molecule is CCN1CCC2CCN(c3nnc(Cl)c(C)n3)C2C1. The van der Waals surface area contributed by atoms with Gasteiger partial charge in [0.2, 0.25) is 5.95 Å². The van der Waals surface area contributed by atoms with E-state index >= 15 is 0 Å². The smallest absolute Gasteiger partial charge is 0.245 e. The van der Waals surface area contributed by atoms with Crippen LogP contribution in [0.25, 0.3) is 0 Å². The largest absolute Gasteiger partial charge is 0.335 e. The van der Waals surface area contributed by atoms with Gasteiger partial charge in [0.15, 0.2) is 5.15 Å². The Labute approximate surface area is 119 Å². The highest BCUT2D eigenvalue weighted by molar-refractivity contribution is 6.29. The fourth-order valence-corrected chi connectivity index (χ4v) is 3.32. The van der Waals surface area contributed by atoms with Crippen molar-refractivity contribution in [3.8, 4) is 0 Å². The molecule has 0 bridgehead atoms. The summed E-state index contributed by atoms with van der Waals surface area (Å²) < 4.78 is 0. The second-order valence-electron chi connectivity index (χ2n) is 5.48. The second-order valence-corrected chi connectivity index (χ2v) is 5.84. The van der Waals surface area contributed by atoms with E-state index in [4.69, 9.17) is 11.6 Å². The molecule has 5 nitrogen and oxygen atoms in total. The summed E-state index contributed by atoms with van der Waals surface area (Å²) in [6.07, 6.45) is 2.53. The molecule has 6 heteroatoms. The Hall–Kier alpha value is -0.940. The Kier molecular flexibility index (Phi) is 3.58. The number of aryl methyl sites for hydroxylation is 1. The zero-order chi connectivity index (χ0) is 13.4. The van der Waals surface area contributed by atoms with E-state index in [0.29, 0.717) is 11.2 Å². The summed E-state index contributed by atoms with van der Waals surface area (Å²) in [5.74, 6) is 1.52. The van der Waals surface area contributed by atoms with Crippen LogP contribution < -0.4 is 4.90 Å². The number of piperidine rings is 1. The summed E-state index contributed by atoms with van der Waals surface area (Å²) in [7, 11) is 0. The first-order valence-corrected chi connectivity index (χ1v) is 7.42. The van der Waals surface area contributed by atoms with Crippen molar-refractivity contribution < 1.29 is 0 Å². The van der Waals surface area contributed by atoms with Gasteiger partial charge in [0.1, 0.15) is 0 Å². The van der Waals surface area contributed by atoms with Crippen LogP contribution in [-0.2, 0) is 0 Å². The third kappa shape index (κ3) is 2.41. The number of likely N-dealkylation sites (tertiary alicyclic amines) is 1. The minimum atomic E-state index is 0.401. The summed E-state index contributed by atoms with van der Waals surface area (Å²) in [6, 6.07) is 0.538. The highest BCUT2D eigenvalue weighted by Gasteiger charge is 2.39. The van der Waals surface area contributed by atoms with Gasteiger partial charge in [0, 0.05) is 19.1 Å². The van der Waals surface area contributed by atoms with Crippen LogP contribution in [0.15, 0.2) is 0 Å². The maximum absolute atomic E-state index is 5.91. The van der Waals surface area contributed by atoms with Gasteiger partial charge in [-0.3, -0.25) is 0 Å². The summed E-state index contributed by atoms with van der Waals surface area (Å²) in [5.41, 5.74) is 0.762. The first-order valence-electron chi connectivity index (χ1n) is 7.05. The molecule has 0 aromatic carbocycles. The molecule has 0 N–H and O–H groups in total. The van der Waals surface area contributed by atoms with Crippen LogP contribution >= 0.6 is 11.6 Å². The fraction of sp³-hybridized carbons (Fsp3) is 0.769. The summed E-state index contributed by atoms with van der Waals surface area (Å²) >= 11 is 5.91. The average Bonchev–Trinajstić information content (AvgIpc) is 2.84. The molecule has 0 aliphatic carbocycles. The van der Waals surface area contributed by atoms with E-state index in [9.17, 15) is 0 Å². The van der Waals surface area contributed by atoms with Crippen molar-refractivity contribution in [2.24, 2.45) is 5.92 Å². The number of anilines is 1. The van der Waals surface area contributed by atoms with Gasteiger partial charge in [-0.2, -0.15) is 0 Å². The summed E-state index contributed by atoms with van der Waals surface area (Å²) in [6.45, 7) is 8.61. The lowest BCUT2D eigenvalue weighted by atomic mass is 9.92. The monoisotopic (exact) mass is 281 g/mol. The van der Waals surface area contributed by atoms with Crippen molar-refractivity contribution in [1.29, 1.82) is 0 Å². The number of hydrogen-bond donors (Lipinski definition) is 0. The maximum atomic E-state index is 5.91. The molecule has 0 radical (unpaired) electrons. The molecule has 1 aromatic rings. The fourth-order valence-electron chi connectivity index (χ4n) is 3.24. The van der Waals surface area contributed by atoms with Crippen molar-refractivity contribution >= 4 is 17.5 Å². The third-order valence-electron chi connectivity index (χ3n) is 4.44. The second kappa shape index (κ2) is 5.21. The molecule has 2 aliphatic rings. The first kappa shape index (κ1) is 13.1. The van der Waals surface area contributed by atoms with Gasteiger partial charge in [-0.1, -0.05) is 18.5 Å². The molecule has 0 amide bonds. The number of halogens is 1. The van der Waals surface area contributed by atoms with E-state index in [1.165, 1.54) is 19.4 Å². The molecule has 104 valence electrons. The lowest BCUT2D eigenvalue weighted by Crippen LogP contribution is -2.48. The average molecular weight is 282 g/mol. The van der Waals surface area contributed by atoms with Crippen LogP contribution in [0.4, 0.5) is 5.95 Å². The number of fused-ring (bicyclic) bond motifs is 1. The van der Waals surface area contributed by atoms with Crippen LogP contribution in [0.1, 0.15) is 25.5 Å². The van der Waals surface area contributed by atoms with Crippen molar-refractivity contribution in [3.05, 3.63) is 10.8 Å². The molecule has 0 saturated carbocycles.